The van der Waals surface area contributed by atoms with Gasteiger partial charge in [-0.15, -0.1) is 0 Å². The Balaban J connectivity index is 2.81. The van der Waals surface area contributed by atoms with Gasteiger partial charge in [-0.05, 0) is 17.7 Å². The van der Waals surface area contributed by atoms with E-state index in [4.69, 9.17) is 5.11 Å². The van der Waals surface area contributed by atoms with Gasteiger partial charge in [0.05, 0.1) is 5.92 Å². The summed E-state index contributed by atoms with van der Waals surface area (Å²) < 4.78 is 0.842. The minimum absolute atomic E-state index is 0.00393. The molecule has 0 aliphatic rings. The van der Waals surface area contributed by atoms with Crippen LogP contribution in [0.5, 0.6) is 0 Å². The molecule has 0 saturated heterocycles. The van der Waals surface area contributed by atoms with E-state index in [0.29, 0.717) is 5.56 Å². The van der Waals surface area contributed by atoms with E-state index in [-0.39, 0.29) is 13.0 Å². The summed E-state index contributed by atoms with van der Waals surface area (Å²) in [5.41, 5.74) is 0.581. The predicted molar refractivity (Wildman–Crippen MR) is 61.0 cm³/mol. The minimum atomic E-state index is -1.04. The summed E-state index contributed by atoms with van der Waals surface area (Å²) in [5, 5.41) is 19.2. The van der Waals surface area contributed by atoms with Crippen molar-refractivity contribution in [1.29, 1.82) is 0 Å². The van der Waals surface area contributed by atoms with Gasteiger partial charge in [0.25, 0.3) is 0 Å². The lowest BCUT2D eigenvalue weighted by Gasteiger charge is -2.10. The second-order valence-corrected chi connectivity index (χ2v) is 4.20. The molecular formula is C10H10BrNO4. The Hall–Kier alpha value is -1.43. The molecule has 1 rings (SSSR count). The Morgan fingerprint density at radius 1 is 1.44 bits per heavy atom. The van der Waals surface area contributed by atoms with Crippen LogP contribution in [-0.4, -0.2) is 22.5 Å². The third-order valence-corrected chi connectivity index (χ3v) is 2.70. The fourth-order valence-electron chi connectivity index (χ4n) is 1.36. The molecule has 16 heavy (non-hydrogen) atoms. The lowest BCUT2D eigenvalue weighted by molar-refractivity contribution is -0.480. The van der Waals surface area contributed by atoms with Gasteiger partial charge in [0.2, 0.25) is 6.54 Å². The monoisotopic (exact) mass is 287 g/mol. The first-order valence-corrected chi connectivity index (χ1v) is 5.40. The van der Waals surface area contributed by atoms with Crippen LogP contribution >= 0.6 is 15.9 Å². The number of carboxylic acid groups (broad SMARTS) is 1. The van der Waals surface area contributed by atoms with Crippen molar-refractivity contribution in [3.05, 3.63) is 44.4 Å². The van der Waals surface area contributed by atoms with Crippen LogP contribution in [0.1, 0.15) is 17.9 Å². The van der Waals surface area contributed by atoms with E-state index < -0.39 is 16.8 Å². The molecule has 1 aromatic carbocycles. The van der Waals surface area contributed by atoms with Crippen molar-refractivity contribution in [2.75, 3.05) is 6.54 Å². The topological polar surface area (TPSA) is 80.4 Å². The Morgan fingerprint density at radius 2 is 2.00 bits per heavy atom. The molecule has 0 radical (unpaired) electrons. The first-order valence-electron chi connectivity index (χ1n) is 4.61. The first kappa shape index (κ1) is 12.6. The van der Waals surface area contributed by atoms with E-state index in [1.165, 1.54) is 0 Å². The van der Waals surface area contributed by atoms with Gasteiger partial charge in [-0.1, -0.05) is 28.1 Å². The molecule has 0 aromatic heterocycles. The minimum Gasteiger partial charge on any atom is -0.481 e. The SMILES string of the molecule is O=C(O)C(CC[N+](=O)[O-])c1ccc(Br)cc1. The molecule has 1 N–H and O–H groups in total. The van der Waals surface area contributed by atoms with Gasteiger partial charge < -0.3 is 5.11 Å². The quantitative estimate of drug-likeness (QED) is 0.665. The number of nitrogens with zero attached hydrogens (tertiary/aromatic N) is 1. The maximum absolute atomic E-state index is 11.0. The van der Waals surface area contributed by atoms with Gasteiger partial charge in [-0.2, -0.15) is 0 Å². The zero-order chi connectivity index (χ0) is 12.1. The van der Waals surface area contributed by atoms with E-state index in [9.17, 15) is 14.9 Å². The fourth-order valence-corrected chi connectivity index (χ4v) is 1.63. The Kier molecular flexibility index (Phi) is 4.42. The Morgan fingerprint density at radius 3 is 2.44 bits per heavy atom. The molecule has 86 valence electrons. The lowest BCUT2D eigenvalue weighted by atomic mass is 9.96. The maximum Gasteiger partial charge on any atom is 0.311 e. The molecule has 1 atom stereocenters. The number of hydrogen-bond donors (Lipinski definition) is 1. The predicted octanol–water partition coefficient (Wildman–Crippen LogP) is 2.28. The fraction of sp³-hybridized carbons (Fsp3) is 0.300. The van der Waals surface area contributed by atoms with Crippen LogP contribution in [0.3, 0.4) is 0 Å². The number of hydrogen-bond acceptors (Lipinski definition) is 3. The third-order valence-electron chi connectivity index (χ3n) is 2.17. The van der Waals surface area contributed by atoms with Gasteiger partial charge >= 0.3 is 5.97 Å². The van der Waals surface area contributed by atoms with Crippen LogP contribution in [0.15, 0.2) is 28.7 Å². The molecule has 1 unspecified atom stereocenters. The number of carboxylic acids is 1. The zero-order valence-corrected chi connectivity index (χ0v) is 9.88. The van der Waals surface area contributed by atoms with Crippen LogP contribution in [0.4, 0.5) is 0 Å². The van der Waals surface area contributed by atoms with E-state index in [0.717, 1.165) is 4.47 Å². The molecule has 0 amide bonds. The Labute approximate surface area is 100 Å². The van der Waals surface area contributed by atoms with Crippen molar-refractivity contribution in [1.82, 2.24) is 0 Å². The van der Waals surface area contributed by atoms with Crippen molar-refractivity contribution >= 4 is 21.9 Å². The number of halogens is 1. The number of aliphatic carboxylic acids is 1. The molecule has 6 heteroatoms. The second-order valence-electron chi connectivity index (χ2n) is 3.29. The highest BCUT2D eigenvalue weighted by atomic mass is 79.9. The summed E-state index contributed by atoms with van der Waals surface area (Å²) in [6, 6.07) is 6.75. The highest BCUT2D eigenvalue weighted by Crippen LogP contribution is 2.22. The van der Waals surface area contributed by atoms with E-state index in [1.807, 2.05) is 0 Å². The number of rotatable bonds is 5. The third kappa shape index (κ3) is 3.62. The highest BCUT2D eigenvalue weighted by Gasteiger charge is 2.21. The normalized spacial score (nSPS) is 12.1. The molecule has 0 spiro atoms. The van der Waals surface area contributed by atoms with Crippen molar-refractivity contribution in [3.8, 4) is 0 Å². The van der Waals surface area contributed by atoms with Crippen LogP contribution in [0.25, 0.3) is 0 Å². The van der Waals surface area contributed by atoms with Gasteiger partial charge in [-0.3, -0.25) is 14.9 Å². The second kappa shape index (κ2) is 5.60. The largest absolute Gasteiger partial charge is 0.481 e. The summed E-state index contributed by atoms with van der Waals surface area (Å²) in [4.78, 5) is 20.7. The standard InChI is InChI=1S/C10H10BrNO4/c11-8-3-1-7(2-4-8)9(10(13)14)5-6-12(15)16/h1-4,9H,5-6H2,(H,13,14). The van der Waals surface area contributed by atoms with Gasteiger partial charge in [-0.25, -0.2) is 0 Å². The molecular weight excluding hydrogens is 278 g/mol. The molecule has 0 aliphatic carbocycles. The smallest absolute Gasteiger partial charge is 0.311 e. The Bertz CT molecular complexity index is 390. The molecule has 0 aliphatic heterocycles. The highest BCUT2D eigenvalue weighted by molar-refractivity contribution is 9.10. The van der Waals surface area contributed by atoms with E-state index in [2.05, 4.69) is 15.9 Å². The van der Waals surface area contributed by atoms with E-state index in [1.54, 1.807) is 24.3 Å². The molecule has 0 saturated carbocycles. The summed E-state index contributed by atoms with van der Waals surface area (Å²) in [6.07, 6.45) is 0.00393. The van der Waals surface area contributed by atoms with Crippen LogP contribution in [-0.2, 0) is 4.79 Å². The summed E-state index contributed by atoms with van der Waals surface area (Å²) in [7, 11) is 0. The average Bonchev–Trinajstić information content (AvgIpc) is 2.20. The average molecular weight is 288 g/mol. The number of carbonyl (C=O) groups is 1. The van der Waals surface area contributed by atoms with Gasteiger partial charge in [0.1, 0.15) is 0 Å². The van der Waals surface area contributed by atoms with Crippen molar-refractivity contribution < 1.29 is 14.8 Å². The maximum atomic E-state index is 11.0. The number of benzene rings is 1. The first-order chi connectivity index (χ1) is 7.50. The van der Waals surface area contributed by atoms with Crippen LogP contribution in [0, 0.1) is 10.1 Å². The lowest BCUT2D eigenvalue weighted by Crippen LogP contribution is -2.15. The molecule has 0 fully saturated rings. The summed E-state index contributed by atoms with van der Waals surface area (Å²) in [5.74, 6) is -1.86. The van der Waals surface area contributed by atoms with Crippen molar-refractivity contribution in [2.24, 2.45) is 0 Å². The van der Waals surface area contributed by atoms with Gasteiger partial charge in [0, 0.05) is 15.8 Å². The van der Waals surface area contributed by atoms with Crippen molar-refractivity contribution in [3.63, 3.8) is 0 Å². The molecule has 1 aromatic rings. The molecule has 0 bridgehead atoms. The number of nitro groups is 1. The van der Waals surface area contributed by atoms with Crippen LogP contribution in [0.2, 0.25) is 0 Å². The summed E-state index contributed by atoms with van der Waals surface area (Å²) in [6.45, 7) is -0.340. The molecule has 0 heterocycles. The zero-order valence-electron chi connectivity index (χ0n) is 8.30. The van der Waals surface area contributed by atoms with Crippen LogP contribution < -0.4 is 0 Å². The van der Waals surface area contributed by atoms with Crippen molar-refractivity contribution in [2.45, 2.75) is 12.3 Å². The van der Waals surface area contributed by atoms with Gasteiger partial charge in [0.15, 0.2) is 0 Å². The molecule has 5 nitrogen and oxygen atoms in total. The van der Waals surface area contributed by atoms with E-state index >= 15 is 0 Å². The summed E-state index contributed by atoms with van der Waals surface area (Å²) >= 11 is 3.24.